The molecule has 146 valence electrons. The highest BCUT2D eigenvalue weighted by molar-refractivity contribution is 5.85. The van der Waals surface area contributed by atoms with Gasteiger partial charge in [0, 0.05) is 51.2 Å². The first-order chi connectivity index (χ1) is 11.9. The summed E-state index contributed by atoms with van der Waals surface area (Å²) in [5.74, 6) is 0.839. The van der Waals surface area contributed by atoms with Crippen LogP contribution in [0.1, 0.15) is 36.3 Å². The monoisotopic (exact) mass is 384 g/mol. The van der Waals surface area contributed by atoms with Crippen LogP contribution in [-0.4, -0.2) is 52.7 Å². The normalized spacial score (nSPS) is 25.8. The topological polar surface area (TPSA) is 90.5 Å². The Morgan fingerprint density at radius 2 is 1.96 bits per heavy atom. The van der Waals surface area contributed by atoms with E-state index in [1.54, 1.807) is 18.7 Å². The number of rotatable bonds is 2. The van der Waals surface area contributed by atoms with Crippen molar-refractivity contribution >= 4 is 18.3 Å². The third-order valence-corrected chi connectivity index (χ3v) is 5.75. The smallest absolute Gasteiger partial charge is 0.256 e. The van der Waals surface area contributed by atoms with E-state index in [-0.39, 0.29) is 41.9 Å². The maximum Gasteiger partial charge on any atom is 0.256 e. The number of carbonyl (C=O) groups excluding carboxylic acids is 1. The zero-order valence-electron chi connectivity index (χ0n) is 15.7. The van der Waals surface area contributed by atoms with Gasteiger partial charge in [0.05, 0.1) is 11.8 Å². The van der Waals surface area contributed by atoms with Crippen molar-refractivity contribution < 1.29 is 9.53 Å². The van der Waals surface area contributed by atoms with Gasteiger partial charge < -0.3 is 15.4 Å². The lowest BCUT2D eigenvalue weighted by molar-refractivity contribution is -0.138. The Bertz CT molecular complexity index is 721. The molecule has 1 aliphatic heterocycles. The fourth-order valence-corrected chi connectivity index (χ4v) is 3.99. The number of aromatic nitrogens is 2. The lowest BCUT2D eigenvalue weighted by Crippen LogP contribution is -2.47. The molecule has 0 saturated heterocycles. The van der Waals surface area contributed by atoms with Crippen molar-refractivity contribution in [2.75, 3.05) is 20.2 Å². The third-order valence-electron chi connectivity index (χ3n) is 5.75. The number of methoxy groups -OCH3 is 1. The molecule has 1 saturated carbocycles. The van der Waals surface area contributed by atoms with Gasteiger partial charge in [-0.25, -0.2) is 4.98 Å². The number of nitrogens with zero attached hydrogens (tertiary/aromatic N) is 3. The van der Waals surface area contributed by atoms with E-state index in [1.165, 1.54) is 0 Å². The van der Waals surface area contributed by atoms with Crippen LogP contribution in [0.3, 0.4) is 0 Å². The molecular weight excluding hydrogens is 356 g/mol. The summed E-state index contributed by atoms with van der Waals surface area (Å²) >= 11 is 0. The molecule has 7 nitrogen and oxygen atoms in total. The molecule has 1 amide bonds. The van der Waals surface area contributed by atoms with E-state index in [9.17, 15) is 9.59 Å². The van der Waals surface area contributed by atoms with Crippen molar-refractivity contribution in [3.8, 4) is 0 Å². The molecule has 2 N–H and O–H groups in total. The number of nitrogens with two attached hydrogens (primary N) is 1. The minimum Gasteiger partial charge on any atom is -0.380 e. The Labute approximate surface area is 160 Å². The standard InChI is InChI=1S/C18H28N4O3.ClH/c1-11-20-15-7-9-22(8-6-13(15)18(24)21(11)2)17(23)12-4-5-14(19)16(10-12)25-3;/h12,14,16H,4-10,19H2,1-3H3;1H/t12-,14+,16+;/m0./s1. The Balaban J connectivity index is 0.00000243. The molecule has 8 heteroatoms. The summed E-state index contributed by atoms with van der Waals surface area (Å²) in [6.45, 7) is 3.03. The van der Waals surface area contributed by atoms with Gasteiger partial charge in [-0.3, -0.25) is 14.2 Å². The van der Waals surface area contributed by atoms with Crippen LogP contribution >= 0.6 is 12.4 Å². The molecule has 0 spiro atoms. The minimum atomic E-state index is -0.0523. The quantitative estimate of drug-likeness (QED) is 0.805. The summed E-state index contributed by atoms with van der Waals surface area (Å²) in [5.41, 5.74) is 7.67. The van der Waals surface area contributed by atoms with Crippen LogP contribution in [-0.2, 0) is 29.4 Å². The summed E-state index contributed by atoms with van der Waals surface area (Å²) in [7, 11) is 3.40. The molecule has 1 fully saturated rings. The first-order valence-electron chi connectivity index (χ1n) is 9.05. The van der Waals surface area contributed by atoms with E-state index < -0.39 is 0 Å². The molecule has 3 rings (SSSR count). The number of aryl methyl sites for hydroxylation is 1. The van der Waals surface area contributed by atoms with Crippen molar-refractivity contribution in [2.45, 2.75) is 51.2 Å². The van der Waals surface area contributed by atoms with Crippen molar-refractivity contribution in [2.24, 2.45) is 18.7 Å². The Kier molecular flexibility index (Phi) is 6.82. The second kappa shape index (κ2) is 8.50. The first kappa shape index (κ1) is 20.9. The predicted octanol–water partition coefficient (Wildman–Crippen LogP) is 0.580. The number of halogens is 1. The van der Waals surface area contributed by atoms with Crippen LogP contribution in [0.4, 0.5) is 0 Å². The summed E-state index contributed by atoms with van der Waals surface area (Å²) in [5, 5.41) is 0. The van der Waals surface area contributed by atoms with E-state index in [4.69, 9.17) is 10.5 Å². The van der Waals surface area contributed by atoms with Gasteiger partial charge >= 0.3 is 0 Å². The predicted molar refractivity (Wildman–Crippen MR) is 102 cm³/mol. The van der Waals surface area contributed by atoms with E-state index in [0.29, 0.717) is 38.2 Å². The van der Waals surface area contributed by atoms with E-state index in [2.05, 4.69) is 4.98 Å². The number of carbonyl (C=O) groups is 1. The summed E-state index contributed by atoms with van der Waals surface area (Å²) in [6.07, 6.45) is 3.45. The summed E-state index contributed by atoms with van der Waals surface area (Å²) < 4.78 is 7.02. The number of hydrogen-bond acceptors (Lipinski definition) is 5. The highest BCUT2D eigenvalue weighted by Gasteiger charge is 2.35. The molecule has 0 radical (unpaired) electrons. The molecule has 2 aliphatic rings. The van der Waals surface area contributed by atoms with Crippen molar-refractivity contribution in [3.05, 3.63) is 27.4 Å². The van der Waals surface area contributed by atoms with Gasteiger partial charge in [-0.2, -0.15) is 0 Å². The molecule has 0 bridgehead atoms. The first-order valence-corrected chi connectivity index (χ1v) is 9.05. The van der Waals surface area contributed by atoms with Gasteiger partial charge in [-0.1, -0.05) is 0 Å². The van der Waals surface area contributed by atoms with Crippen LogP contribution < -0.4 is 11.3 Å². The van der Waals surface area contributed by atoms with E-state index in [1.807, 2.05) is 11.8 Å². The van der Waals surface area contributed by atoms with Crippen LogP contribution in [0.25, 0.3) is 0 Å². The summed E-state index contributed by atoms with van der Waals surface area (Å²) in [6, 6.07) is 0.0117. The Hall–Kier alpha value is -1.44. The third kappa shape index (κ3) is 3.94. The Morgan fingerprint density at radius 1 is 1.27 bits per heavy atom. The van der Waals surface area contributed by atoms with Crippen LogP contribution in [0.15, 0.2) is 4.79 Å². The molecule has 1 aromatic rings. The van der Waals surface area contributed by atoms with Crippen molar-refractivity contribution in [3.63, 3.8) is 0 Å². The zero-order chi connectivity index (χ0) is 18.1. The molecule has 26 heavy (non-hydrogen) atoms. The lowest BCUT2D eigenvalue weighted by Gasteiger charge is -2.35. The molecule has 1 aliphatic carbocycles. The number of hydrogen-bond donors (Lipinski definition) is 1. The van der Waals surface area contributed by atoms with Gasteiger partial charge in [0.1, 0.15) is 5.82 Å². The number of amides is 1. The fraction of sp³-hybridized carbons (Fsp3) is 0.722. The maximum atomic E-state index is 13.0. The molecule has 0 unspecified atom stereocenters. The zero-order valence-corrected chi connectivity index (χ0v) is 16.6. The second-order valence-electron chi connectivity index (χ2n) is 7.22. The van der Waals surface area contributed by atoms with Crippen LogP contribution in [0.5, 0.6) is 0 Å². The number of fused-ring (bicyclic) bond motifs is 1. The van der Waals surface area contributed by atoms with Gasteiger partial charge in [0.25, 0.3) is 5.56 Å². The largest absolute Gasteiger partial charge is 0.380 e. The van der Waals surface area contributed by atoms with Gasteiger partial charge in [0.2, 0.25) is 5.91 Å². The number of ether oxygens (including phenoxy) is 1. The van der Waals surface area contributed by atoms with E-state index in [0.717, 1.165) is 24.1 Å². The highest BCUT2D eigenvalue weighted by atomic mass is 35.5. The van der Waals surface area contributed by atoms with Gasteiger partial charge in [-0.15, -0.1) is 12.4 Å². The minimum absolute atomic E-state index is 0. The van der Waals surface area contributed by atoms with Crippen LogP contribution in [0, 0.1) is 12.8 Å². The Morgan fingerprint density at radius 3 is 2.65 bits per heavy atom. The fourth-order valence-electron chi connectivity index (χ4n) is 3.99. The van der Waals surface area contributed by atoms with E-state index >= 15 is 0 Å². The van der Waals surface area contributed by atoms with Gasteiger partial charge in [0.15, 0.2) is 0 Å². The highest BCUT2D eigenvalue weighted by Crippen LogP contribution is 2.27. The van der Waals surface area contributed by atoms with Crippen LogP contribution in [0.2, 0.25) is 0 Å². The molecule has 0 aromatic carbocycles. The maximum absolute atomic E-state index is 13.0. The second-order valence-corrected chi connectivity index (χ2v) is 7.22. The van der Waals surface area contributed by atoms with Crippen molar-refractivity contribution in [1.82, 2.24) is 14.5 Å². The average molecular weight is 385 g/mol. The lowest BCUT2D eigenvalue weighted by atomic mass is 9.83. The molecule has 3 atom stereocenters. The molecule has 2 heterocycles. The SMILES string of the molecule is CO[C@@H]1C[C@@H](C(=O)N2CCc3nc(C)n(C)c(=O)c3CC2)CC[C@H]1N.Cl. The van der Waals surface area contributed by atoms with Crippen molar-refractivity contribution in [1.29, 1.82) is 0 Å². The molecule has 1 aromatic heterocycles. The molecular formula is C18H29ClN4O3. The average Bonchev–Trinajstić information content (AvgIpc) is 2.82. The summed E-state index contributed by atoms with van der Waals surface area (Å²) in [4.78, 5) is 31.9. The van der Waals surface area contributed by atoms with Gasteiger partial charge in [-0.05, 0) is 32.6 Å².